The smallest absolute Gasteiger partial charge is 0.367 e. The quantitative estimate of drug-likeness (QED) is 0.252. The molecule has 0 amide bonds. The van der Waals surface area contributed by atoms with E-state index in [1.807, 2.05) is 43.3 Å². The zero-order valence-electron chi connectivity index (χ0n) is 24.7. The van der Waals surface area contributed by atoms with Gasteiger partial charge in [0.05, 0.1) is 11.5 Å². The highest BCUT2D eigenvalue weighted by molar-refractivity contribution is 7.93. The molecule has 0 N–H and O–H groups in total. The molecule has 5 nitrogen and oxygen atoms in total. The van der Waals surface area contributed by atoms with Crippen molar-refractivity contribution in [2.45, 2.75) is 69.2 Å². The third-order valence-electron chi connectivity index (χ3n) is 10.9. The Bertz CT molecular complexity index is 1630. The maximum atomic E-state index is 14.6. The second-order valence-corrected chi connectivity index (χ2v) is 15.3. The van der Waals surface area contributed by atoms with Crippen LogP contribution in [0, 0.1) is 42.1 Å². The van der Waals surface area contributed by atoms with Crippen LogP contribution in [0.3, 0.4) is 0 Å². The van der Waals surface area contributed by atoms with E-state index < -0.39 is 20.1 Å². The summed E-state index contributed by atoms with van der Waals surface area (Å²) >= 11 is 0. The van der Waals surface area contributed by atoms with Crippen molar-refractivity contribution in [1.82, 2.24) is 0 Å². The molecule has 0 heterocycles. The van der Waals surface area contributed by atoms with Crippen LogP contribution in [0.4, 0.5) is 0 Å². The number of carbonyl (C=O) groups is 1. The Morgan fingerprint density at radius 3 is 2.50 bits per heavy atom. The number of ketones is 1. The third-order valence-corrected chi connectivity index (χ3v) is 13.1. The lowest BCUT2D eigenvalue weighted by atomic mass is 9.47. The van der Waals surface area contributed by atoms with Gasteiger partial charge in [0, 0.05) is 16.4 Å². The van der Waals surface area contributed by atoms with Gasteiger partial charge in [-0.3, -0.25) is 9.64 Å². The number of carbonyl (C=O) groups excluding carboxylic acids is 1. The number of hydrogen-bond donors (Lipinski definition) is 0. The van der Waals surface area contributed by atoms with Crippen LogP contribution >= 0.6 is 0 Å². The minimum absolute atomic E-state index is 0.0741. The molecule has 6 atom stereocenters. The first kappa shape index (κ1) is 28.8. The van der Waals surface area contributed by atoms with E-state index >= 15 is 0 Å². The summed E-state index contributed by atoms with van der Waals surface area (Å²) < 4.78 is 35.4. The molecule has 2 aromatic carbocycles. The van der Waals surface area contributed by atoms with E-state index in [1.54, 1.807) is 30.3 Å². The van der Waals surface area contributed by atoms with Crippen LogP contribution in [0.15, 0.2) is 94.9 Å². The molecular weight excluding hydrogens is 542 g/mol. The fourth-order valence-electron chi connectivity index (χ4n) is 8.62. The predicted molar refractivity (Wildman–Crippen MR) is 164 cm³/mol. The lowest BCUT2D eigenvalue weighted by Gasteiger charge is -2.57. The van der Waals surface area contributed by atoms with Gasteiger partial charge in [0.1, 0.15) is 6.61 Å². The number of fused-ring (bicyclic) bond motifs is 5. The van der Waals surface area contributed by atoms with Crippen LogP contribution in [0.25, 0.3) is 4.85 Å². The molecule has 42 heavy (non-hydrogen) atoms. The van der Waals surface area contributed by atoms with Gasteiger partial charge in [-0.15, -0.1) is 0 Å². The second kappa shape index (κ2) is 10.5. The Labute approximate surface area is 250 Å². The third kappa shape index (κ3) is 4.36. The number of aryl methyl sites for hydroxylation is 1. The van der Waals surface area contributed by atoms with E-state index in [-0.39, 0.29) is 35.2 Å². The maximum Gasteiger partial charge on any atom is 0.377 e. The van der Waals surface area contributed by atoms with Crippen molar-refractivity contribution in [3.05, 3.63) is 113 Å². The molecule has 6 rings (SSSR count). The van der Waals surface area contributed by atoms with Gasteiger partial charge in [0.25, 0.3) is 9.84 Å². The van der Waals surface area contributed by atoms with Crippen molar-refractivity contribution >= 4 is 15.6 Å². The van der Waals surface area contributed by atoms with Crippen molar-refractivity contribution in [3.63, 3.8) is 0 Å². The number of ether oxygens (including phenoxy) is 1. The minimum atomic E-state index is -4.13. The number of allylic oxidation sites excluding steroid dienone is 5. The van der Waals surface area contributed by atoms with E-state index in [0.29, 0.717) is 17.4 Å². The van der Waals surface area contributed by atoms with Crippen molar-refractivity contribution in [2.24, 2.45) is 28.6 Å². The van der Waals surface area contributed by atoms with E-state index in [0.717, 1.165) is 43.2 Å². The molecule has 1 unspecified atom stereocenters. The zero-order chi connectivity index (χ0) is 29.8. The van der Waals surface area contributed by atoms with E-state index in [4.69, 9.17) is 11.3 Å². The largest absolute Gasteiger partial charge is 0.377 e. The Hall–Kier alpha value is -3.27. The summed E-state index contributed by atoms with van der Waals surface area (Å²) in [4.78, 5) is 14.5. The SMILES string of the molecule is [C-]#[N+]C(COCc1ccccc1)(C1=CC[C@H]2[C@@H]3CCC4=CC(=O)C=C[C@]4(C)[C@H]3CC[C@]12C)S(=O)(=O)c1ccc(C)cc1. The summed E-state index contributed by atoms with van der Waals surface area (Å²) in [6, 6.07) is 16.5. The van der Waals surface area contributed by atoms with E-state index in [2.05, 4.69) is 30.8 Å². The maximum absolute atomic E-state index is 14.6. The van der Waals surface area contributed by atoms with Gasteiger partial charge >= 0.3 is 4.87 Å². The lowest BCUT2D eigenvalue weighted by Crippen LogP contribution is -2.53. The van der Waals surface area contributed by atoms with Gasteiger partial charge in [-0.2, -0.15) is 0 Å². The number of sulfone groups is 1. The topological polar surface area (TPSA) is 64.8 Å². The lowest BCUT2D eigenvalue weighted by molar-refractivity contribution is -0.111. The summed E-state index contributed by atoms with van der Waals surface area (Å²) in [7, 11) is -4.13. The second-order valence-electron chi connectivity index (χ2n) is 13.1. The number of hydrogen-bond acceptors (Lipinski definition) is 4. The van der Waals surface area contributed by atoms with Crippen molar-refractivity contribution in [2.75, 3.05) is 6.61 Å². The molecule has 2 saturated carbocycles. The summed E-state index contributed by atoms with van der Waals surface area (Å²) in [6.07, 6.45) is 12.1. The van der Waals surface area contributed by atoms with E-state index in [9.17, 15) is 13.2 Å². The normalized spacial score (nSPS) is 31.6. The first-order valence-electron chi connectivity index (χ1n) is 15.0. The van der Waals surface area contributed by atoms with Gasteiger partial charge in [-0.1, -0.05) is 79.6 Å². The molecule has 2 aromatic rings. The Morgan fingerprint density at radius 1 is 1.05 bits per heavy atom. The molecule has 218 valence electrons. The fraction of sp³-hybridized carbons (Fsp3) is 0.444. The average Bonchev–Trinajstić information content (AvgIpc) is 3.34. The van der Waals surface area contributed by atoms with Crippen LogP contribution in [0.2, 0.25) is 0 Å². The monoisotopic (exact) mass is 581 g/mol. The summed E-state index contributed by atoms with van der Waals surface area (Å²) in [5.74, 6) is 1.08. The summed E-state index contributed by atoms with van der Waals surface area (Å²) in [5, 5.41) is 0. The van der Waals surface area contributed by atoms with Gasteiger partial charge in [0.2, 0.25) is 0 Å². The Kier molecular flexibility index (Phi) is 7.19. The van der Waals surface area contributed by atoms with Crippen LogP contribution < -0.4 is 0 Å². The van der Waals surface area contributed by atoms with Gasteiger partial charge in [-0.05, 0) is 86.6 Å². The predicted octanol–water partition coefficient (Wildman–Crippen LogP) is 7.45. The molecule has 0 radical (unpaired) electrons. The molecule has 0 bridgehead atoms. The van der Waals surface area contributed by atoms with Crippen molar-refractivity contribution in [1.29, 1.82) is 0 Å². The average molecular weight is 582 g/mol. The Balaban J connectivity index is 1.38. The molecule has 0 spiro atoms. The highest BCUT2D eigenvalue weighted by Gasteiger charge is 2.66. The molecule has 0 aliphatic heterocycles. The van der Waals surface area contributed by atoms with Crippen LogP contribution in [-0.2, 0) is 26.0 Å². The highest BCUT2D eigenvalue weighted by atomic mass is 32.2. The standard InChI is InChI=1S/C36H39NO4S/c1-25-10-13-29(14-11-25)42(39,40)36(37-4,24-41-23-26-8-6-5-7-9-26)33-17-16-31-30-15-12-27-22-28(38)18-20-34(27,2)32(30)19-21-35(31,33)3/h5-11,13-14,17-18,20,22,30-32H,12,15-16,19,21,23-24H2,1-3H3/t30-,31-,32-,34-,35-,36?/m0/s1. The van der Waals surface area contributed by atoms with Crippen LogP contribution in [0.5, 0.6) is 0 Å². The molecule has 2 fully saturated rings. The first-order valence-corrected chi connectivity index (χ1v) is 16.5. The Morgan fingerprint density at radius 2 is 1.79 bits per heavy atom. The molecule has 4 aliphatic rings. The van der Waals surface area contributed by atoms with Gasteiger partial charge in [0.15, 0.2) is 5.78 Å². The first-order chi connectivity index (χ1) is 20.0. The van der Waals surface area contributed by atoms with E-state index in [1.165, 1.54) is 5.57 Å². The van der Waals surface area contributed by atoms with Crippen molar-refractivity contribution < 1.29 is 17.9 Å². The number of nitrogens with zero attached hydrogens (tertiary/aromatic N) is 1. The number of rotatable bonds is 7. The molecule has 6 heteroatoms. The van der Waals surface area contributed by atoms with Gasteiger partial charge < -0.3 is 4.74 Å². The molecular formula is C36H39NO4S. The van der Waals surface area contributed by atoms with Crippen LogP contribution in [-0.4, -0.2) is 25.7 Å². The number of benzene rings is 2. The molecule has 0 saturated heterocycles. The minimum Gasteiger partial charge on any atom is -0.367 e. The van der Waals surface area contributed by atoms with Crippen LogP contribution in [0.1, 0.15) is 57.1 Å². The summed E-state index contributed by atoms with van der Waals surface area (Å²) in [5.41, 5.74) is 3.26. The zero-order valence-corrected chi connectivity index (χ0v) is 25.5. The fourth-order valence-corrected chi connectivity index (χ4v) is 10.5. The van der Waals surface area contributed by atoms with Crippen molar-refractivity contribution in [3.8, 4) is 0 Å². The molecule has 4 aliphatic carbocycles. The summed E-state index contributed by atoms with van der Waals surface area (Å²) in [6.45, 7) is 14.9. The van der Waals surface area contributed by atoms with Gasteiger partial charge in [-0.25, -0.2) is 15.0 Å². The highest BCUT2D eigenvalue weighted by Crippen LogP contribution is 2.66. The molecule has 0 aromatic heterocycles.